The molecule has 4 aromatic carbocycles. The number of nitrogens with zero attached hydrogens (tertiary/aromatic N) is 2. The van der Waals surface area contributed by atoms with Gasteiger partial charge >= 0.3 is 0 Å². The Labute approximate surface area is 184 Å². The molecule has 0 unspecified atom stereocenters. The Morgan fingerprint density at radius 3 is 0.969 bits per heavy atom. The minimum absolute atomic E-state index is 0.0317. The van der Waals surface area contributed by atoms with Gasteiger partial charge in [0, 0.05) is 43.6 Å². The van der Waals surface area contributed by atoms with Crippen molar-refractivity contribution < 1.29 is 9.59 Å². The molecular weight excluding hydrogens is 396 g/mol. The van der Waals surface area contributed by atoms with Gasteiger partial charge in [0.15, 0.2) is 0 Å². The maximum absolute atomic E-state index is 13.1. The molecule has 0 radical (unpaired) electrons. The summed E-state index contributed by atoms with van der Waals surface area (Å²) in [6, 6.07) is 32.0. The normalized spacial score (nSPS) is 11.6. The van der Waals surface area contributed by atoms with Gasteiger partial charge in [-0.3, -0.25) is 9.59 Å². The molecule has 4 nitrogen and oxygen atoms in total. The first-order valence-corrected chi connectivity index (χ1v) is 10.7. The summed E-state index contributed by atoms with van der Waals surface area (Å²) >= 11 is 0. The van der Waals surface area contributed by atoms with Crippen molar-refractivity contribution in [2.75, 3.05) is 0 Å². The van der Waals surface area contributed by atoms with Crippen molar-refractivity contribution in [1.29, 1.82) is 0 Å². The standard InChI is InChI=1S/C28H20N2O2/c31-27(17-29-23-13-5-1-9-19(23)20-10-2-6-14-24(20)29)28(32)18-30-25-15-7-3-11-21(25)22-12-4-8-16-26(22)30/h1-16H,17-18H2. The zero-order valence-electron chi connectivity index (χ0n) is 17.4. The lowest BCUT2D eigenvalue weighted by atomic mass is 10.2. The molecule has 6 aromatic rings. The van der Waals surface area contributed by atoms with Crippen molar-refractivity contribution in [2.45, 2.75) is 13.1 Å². The van der Waals surface area contributed by atoms with Gasteiger partial charge < -0.3 is 9.13 Å². The fourth-order valence-electron chi connectivity index (χ4n) is 4.81. The predicted molar refractivity (Wildman–Crippen MR) is 129 cm³/mol. The van der Waals surface area contributed by atoms with Crippen LogP contribution in [0.15, 0.2) is 97.1 Å². The van der Waals surface area contributed by atoms with Gasteiger partial charge in [-0.05, 0) is 24.3 Å². The van der Waals surface area contributed by atoms with Gasteiger partial charge in [-0.1, -0.05) is 72.8 Å². The van der Waals surface area contributed by atoms with Crippen LogP contribution in [-0.4, -0.2) is 20.7 Å². The van der Waals surface area contributed by atoms with E-state index in [0.717, 1.165) is 43.6 Å². The third-order valence-electron chi connectivity index (χ3n) is 6.27. The molecule has 0 fully saturated rings. The van der Waals surface area contributed by atoms with E-state index in [-0.39, 0.29) is 13.1 Å². The van der Waals surface area contributed by atoms with E-state index < -0.39 is 11.6 Å². The molecule has 0 saturated heterocycles. The number of hydrogen-bond acceptors (Lipinski definition) is 2. The van der Waals surface area contributed by atoms with Crippen LogP contribution >= 0.6 is 0 Å². The van der Waals surface area contributed by atoms with E-state index in [1.807, 2.05) is 81.9 Å². The van der Waals surface area contributed by atoms with E-state index >= 15 is 0 Å². The highest BCUT2D eigenvalue weighted by Gasteiger charge is 2.20. The number of carbonyl (C=O) groups excluding carboxylic acids is 2. The van der Waals surface area contributed by atoms with E-state index in [9.17, 15) is 9.59 Å². The summed E-state index contributed by atoms with van der Waals surface area (Å²) in [5.74, 6) is -0.781. The number of para-hydroxylation sites is 4. The lowest BCUT2D eigenvalue weighted by molar-refractivity contribution is -0.137. The molecule has 0 aliphatic carbocycles. The number of carbonyl (C=O) groups is 2. The number of Topliss-reactive ketones (excluding diaryl/α,β-unsaturated/α-hetero) is 2. The first-order valence-electron chi connectivity index (χ1n) is 10.7. The second-order valence-corrected chi connectivity index (χ2v) is 8.09. The number of ketones is 2. The van der Waals surface area contributed by atoms with Crippen LogP contribution in [0.4, 0.5) is 0 Å². The van der Waals surface area contributed by atoms with Gasteiger partial charge in [-0.15, -0.1) is 0 Å². The summed E-state index contributed by atoms with van der Waals surface area (Å²) in [6.45, 7) is 0.0635. The van der Waals surface area contributed by atoms with Crippen molar-refractivity contribution >= 4 is 55.2 Å². The lowest BCUT2D eigenvalue weighted by Gasteiger charge is -2.09. The number of rotatable bonds is 5. The van der Waals surface area contributed by atoms with Crippen molar-refractivity contribution in [2.24, 2.45) is 0 Å². The monoisotopic (exact) mass is 416 g/mol. The molecule has 0 spiro atoms. The summed E-state index contributed by atoms with van der Waals surface area (Å²) in [7, 11) is 0. The van der Waals surface area contributed by atoms with E-state index in [0.29, 0.717) is 0 Å². The van der Waals surface area contributed by atoms with Crippen LogP contribution in [0, 0.1) is 0 Å². The molecular formula is C28H20N2O2. The number of benzene rings is 4. The Morgan fingerprint density at radius 1 is 0.438 bits per heavy atom. The van der Waals surface area contributed by atoms with Crippen LogP contribution in [0.25, 0.3) is 43.6 Å². The van der Waals surface area contributed by atoms with Crippen molar-refractivity contribution in [3.05, 3.63) is 97.1 Å². The summed E-state index contributed by atoms with van der Waals surface area (Å²) in [4.78, 5) is 26.2. The van der Waals surface area contributed by atoms with E-state index in [2.05, 4.69) is 24.3 Å². The summed E-state index contributed by atoms with van der Waals surface area (Å²) in [5, 5.41) is 4.35. The number of hydrogen-bond donors (Lipinski definition) is 0. The zero-order valence-corrected chi connectivity index (χ0v) is 17.4. The SMILES string of the molecule is O=C(Cn1c2ccccc2c2ccccc21)C(=O)Cn1c2ccccc2c2ccccc21. The Bertz CT molecular complexity index is 1440. The van der Waals surface area contributed by atoms with Crippen LogP contribution in [0.2, 0.25) is 0 Å². The number of fused-ring (bicyclic) bond motifs is 6. The van der Waals surface area contributed by atoms with Crippen LogP contribution in [-0.2, 0) is 22.7 Å². The lowest BCUT2D eigenvalue weighted by Crippen LogP contribution is -2.24. The molecule has 0 aliphatic heterocycles. The molecule has 0 atom stereocenters. The molecule has 2 aromatic heterocycles. The van der Waals surface area contributed by atoms with E-state index in [1.165, 1.54) is 0 Å². The van der Waals surface area contributed by atoms with Gasteiger partial charge in [-0.2, -0.15) is 0 Å². The van der Waals surface area contributed by atoms with Crippen LogP contribution in [0.1, 0.15) is 0 Å². The second-order valence-electron chi connectivity index (χ2n) is 8.09. The highest BCUT2D eigenvalue weighted by molar-refractivity contribution is 6.37. The average Bonchev–Trinajstić information content (AvgIpc) is 3.33. The van der Waals surface area contributed by atoms with Crippen molar-refractivity contribution in [1.82, 2.24) is 9.13 Å². The highest BCUT2D eigenvalue weighted by Crippen LogP contribution is 2.30. The van der Waals surface area contributed by atoms with Crippen molar-refractivity contribution in [3.8, 4) is 0 Å². The summed E-state index contributed by atoms with van der Waals surface area (Å²) < 4.78 is 3.91. The quantitative estimate of drug-likeness (QED) is 0.336. The van der Waals surface area contributed by atoms with Crippen LogP contribution in [0.5, 0.6) is 0 Å². The molecule has 0 N–H and O–H groups in total. The molecule has 154 valence electrons. The van der Waals surface area contributed by atoms with E-state index in [1.54, 1.807) is 0 Å². The van der Waals surface area contributed by atoms with Crippen LogP contribution < -0.4 is 0 Å². The molecule has 4 heteroatoms. The smallest absolute Gasteiger partial charge is 0.219 e. The van der Waals surface area contributed by atoms with Gasteiger partial charge in [0.2, 0.25) is 11.6 Å². The Kier molecular flexibility index (Phi) is 4.18. The molecule has 0 amide bonds. The van der Waals surface area contributed by atoms with Gasteiger partial charge in [0.05, 0.1) is 13.1 Å². The van der Waals surface area contributed by atoms with Crippen molar-refractivity contribution in [3.63, 3.8) is 0 Å². The third-order valence-corrected chi connectivity index (χ3v) is 6.27. The first-order chi connectivity index (χ1) is 15.7. The minimum atomic E-state index is -0.390. The number of aromatic nitrogens is 2. The molecule has 2 heterocycles. The molecule has 32 heavy (non-hydrogen) atoms. The summed E-state index contributed by atoms with van der Waals surface area (Å²) in [5.41, 5.74) is 3.86. The van der Waals surface area contributed by atoms with Crippen LogP contribution in [0.3, 0.4) is 0 Å². The maximum atomic E-state index is 13.1. The van der Waals surface area contributed by atoms with Gasteiger partial charge in [-0.25, -0.2) is 0 Å². The molecule has 0 aliphatic rings. The average molecular weight is 416 g/mol. The fourth-order valence-corrected chi connectivity index (χ4v) is 4.81. The Balaban J connectivity index is 1.38. The summed E-state index contributed by atoms with van der Waals surface area (Å²) in [6.07, 6.45) is 0. The fraction of sp³-hybridized carbons (Fsp3) is 0.0714. The topological polar surface area (TPSA) is 44.0 Å². The molecule has 6 rings (SSSR count). The molecule has 0 saturated carbocycles. The Morgan fingerprint density at radius 2 is 0.688 bits per heavy atom. The largest absolute Gasteiger partial charge is 0.332 e. The maximum Gasteiger partial charge on any atom is 0.219 e. The highest BCUT2D eigenvalue weighted by atomic mass is 16.2. The predicted octanol–water partition coefficient (Wildman–Crippen LogP) is 5.74. The zero-order chi connectivity index (χ0) is 21.7. The molecule has 0 bridgehead atoms. The third kappa shape index (κ3) is 2.77. The first kappa shape index (κ1) is 18.6. The minimum Gasteiger partial charge on any atom is -0.332 e. The second kappa shape index (κ2) is 7.20. The van der Waals surface area contributed by atoms with Gasteiger partial charge in [0.1, 0.15) is 0 Å². The van der Waals surface area contributed by atoms with E-state index in [4.69, 9.17) is 0 Å². The van der Waals surface area contributed by atoms with Gasteiger partial charge in [0.25, 0.3) is 0 Å². The Hall–Kier alpha value is -4.18.